The number of nitrogens with zero attached hydrogens (tertiary/aromatic N) is 5. The number of piperidine rings is 1. The molecule has 2 aromatic heterocycles. The van der Waals surface area contributed by atoms with Crippen molar-refractivity contribution in [1.29, 1.82) is 0 Å². The Morgan fingerprint density at radius 1 is 1.45 bits per heavy atom. The summed E-state index contributed by atoms with van der Waals surface area (Å²) in [6.07, 6.45) is 4.23. The summed E-state index contributed by atoms with van der Waals surface area (Å²) in [4.78, 5) is 27.0. The van der Waals surface area contributed by atoms with Crippen LogP contribution in [0.1, 0.15) is 53.7 Å². The van der Waals surface area contributed by atoms with Crippen LogP contribution in [0, 0.1) is 6.92 Å². The number of hydrogen-bond acceptors (Lipinski definition) is 6. The number of amides is 1. The summed E-state index contributed by atoms with van der Waals surface area (Å²) < 4.78 is 5.18. The zero-order valence-electron chi connectivity index (χ0n) is 12.8. The number of rotatable bonds is 3. The highest BCUT2D eigenvalue weighted by molar-refractivity contribution is 5.92. The van der Waals surface area contributed by atoms with E-state index in [1.54, 1.807) is 19.2 Å². The molecule has 1 atom stereocenters. The predicted octanol–water partition coefficient (Wildman–Crippen LogP) is 1.75. The van der Waals surface area contributed by atoms with Crippen LogP contribution in [-0.4, -0.2) is 44.0 Å². The summed E-state index contributed by atoms with van der Waals surface area (Å²) in [5.41, 5.74) is 0.440. The second-order valence-corrected chi connectivity index (χ2v) is 5.48. The van der Waals surface area contributed by atoms with Gasteiger partial charge in [-0.2, -0.15) is 4.98 Å². The van der Waals surface area contributed by atoms with Gasteiger partial charge in [-0.3, -0.25) is 4.79 Å². The van der Waals surface area contributed by atoms with Gasteiger partial charge in [0.15, 0.2) is 5.82 Å². The highest BCUT2D eigenvalue weighted by atomic mass is 16.5. The quantitative estimate of drug-likeness (QED) is 0.858. The summed E-state index contributed by atoms with van der Waals surface area (Å²) in [5, 5.41) is 4.04. The van der Waals surface area contributed by atoms with E-state index in [1.807, 2.05) is 11.8 Å². The molecule has 7 heteroatoms. The Bertz CT molecular complexity index is 669. The summed E-state index contributed by atoms with van der Waals surface area (Å²) in [6.45, 7) is 5.09. The molecule has 2 aromatic rings. The Morgan fingerprint density at radius 3 is 3.05 bits per heavy atom. The molecule has 1 aliphatic heterocycles. The van der Waals surface area contributed by atoms with Crippen molar-refractivity contribution in [2.24, 2.45) is 0 Å². The van der Waals surface area contributed by atoms with E-state index in [-0.39, 0.29) is 11.8 Å². The van der Waals surface area contributed by atoms with Crippen LogP contribution in [-0.2, 0) is 6.42 Å². The summed E-state index contributed by atoms with van der Waals surface area (Å²) in [6, 6.07) is 1.66. The minimum atomic E-state index is -0.0607. The van der Waals surface area contributed by atoms with Gasteiger partial charge in [0.2, 0.25) is 5.89 Å². The second kappa shape index (κ2) is 6.21. The van der Waals surface area contributed by atoms with Crippen LogP contribution in [0.25, 0.3) is 0 Å². The normalized spacial score (nSPS) is 18.5. The molecule has 3 rings (SSSR count). The van der Waals surface area contributed by atoms with Crippen LogP contribution in [0.15, 0.2) is 16.8 Å². The van der Waals surface area contributed by atoms with Crippen LogP contribution < -0.4 is 0 Å². The van der Waals surface area contributed by atoms with Gasteiger partial charge in [0.25, 0.3) is 5.91 Å². The van der Waals surface area contributed by atoms with Crippen molar-refractivity contribution in [1.82, 2.24) is 25.0 Å². The summed E-state index contributed by atoms with van der Waals surface area (Å²) in [5.74, 6) is 2.02. The third-order valence-electron chi connectivity index (χ3n) is 3.86. The highest BCUT2D eigenvalue weighted by Gasteiger charge is 2.29. The molecule has 0 aromatic carbocycles. The minimum Gasteiger partial charge on any atom is -0.339 e. The molecule has 0 aliphatic carbocycles. The number of carbonyl (C=O) groups excluding carboxylic acids is 1. The van der Waals surface area contributed by atoms with Gasteiger partial charge in [-0.25, -0.2) is 9.97 Å². The van der Waals surface area contributed by atoms with Gasteiger partial charge in [0, 0.05) is 31.6 Å². The van der Waals surface area contributed by atoms with Gasteiger partial charge >= 0.3 is 0 Å². The first-order chi connectivity index (χ1) is 10.7. The van der Waals surface area contributed by atoms with Crippen molar-refractivity contribution in [3.05, 3.63) is 35.5 Å². The van der Waals surface area contributed by atoms with Crippen molar-refractivity contribution in [2.75, 3.05) is 13.1 Å². The van der Waals surface area contributed by atoms with Crippen LogP contribution in [0.3, 0.4) is 0 Å². The van der Waals surface area contributed by atoms with Crippen LogP contribution >= 0.6 is 0 Å². The lowest BCUT2D eigenvalue weighted by molar-refractivity contribution is 0.0697. The predicted molar refractivity (Wildman–Crippen MR) is 78.3 cm³/mol. The maximum atomic E-state index is 12.6. The third-order valence-corrected chi connectivity index (χ3v) is 3.86. The van der Waals surface area contributed by atoms with E-state index in [9.17, 15) is 4.79 Å². The molecule has 0 N–H and O–H groups in total. The molecule has 7 nitrogen and oxygen atoms in total. The molecular weight excluding hydrogens is 282 g/mol. The van der Waals surface area contributed by atoms with Crippen LogP contribution in [0.2, 0.25) is 0 Å². The molecule has 0 bridgehead atoms. The monoisotopic (exact) mass is 301 g/mol. The van der Waals surface area contributed by atoms with E-state index in [0.717, 1.165) is 25.8 Å². The third kappa shape index (κ3) is 2.98. The lowest BCUT2D eigenvalue weighted by Gasteiger charge is -2.31. The van der Waals surface area contributed by atoms with Gasteiger partial charge in [-0.1, -0.05) is 12.1 Å². The van der Waals surface area contributed by atoms with Crippen molar-refractivity contribution in [3.63, 3.8) is 0 Å². The fourth-order valence-corrected chi connectivity index (χ4v) is 2.69. The number of aromatic nitrogens is 4. The smallest absolute Gasteiger partial charge is 0.272 e. The maximum absolute atomic E-state index is 12.6. The zero-order valence-corrected chi connectivity index (χ0v) is 12.8. The first-order valence-corrected chi connectivity index (χ1v) is 7.58. The minimum absolute atomic E-state index is 0.0607. The number of aryl methyl sites for hydroxylation is 2. The topological polar surface area (TPSA) is 85.0 Å². The van der Waals surface area contributed by atoms with E-state index in [1.165, 1.54) is 0 Å². The SMILES string of the molecule is CCc1nc([C@@H]2CCCN(C(=O)c3ccnc(C)n3)C2)no1. The molecule has 0 spiro atoms. The average Bonchev–Trinajstić information content (AvgIpc) is 3.03. The van der Waals surface area contributed by atoms with E-state index < -0.39 is 0 Å². The molecule has 1 fully saturated rings. The van der Waals surface area contributed by atoms with E-state index in [4.69, 9.17) is 4.52 Å². The van der Waals surface area contributed by atoms with Gasteiger partial charge in [0.05, 0.1) is 0 Å². The molecule has 3 heterocycles. The fraction of sp³-hybridized carbons (Fsp3) is 0.533. The molecular formula is C15H19N5O2. The fourth-order valence-electron chi connectivity index (χ4n) is 2.69. The molecule has 0 radical (unpaired) electrons. The zero-order chi connectivity index (χ0) is 15.5. The lowest BCUT2D eigenvalue weighted by Crippen LogP contribution is -2.39. The molecule has 116 valence electrons. The van der Waals surface area contributed by atoms with E-state index in [2.05, 4.69) is 20.1 Å². The lowest BCUT2D eigenvalue weighted by atomic mass is 9.97. The molecule has 1 amide bonds. The first kappa shape index (κ1) is 14.6. The largest absolute Gasteiger partial charge is 0.339 e. The number of carbonyl (C=O) groups is 1. The molecule has 22 heavy (non-hydrogen) atoms. The van der Waals surface area contributed by atoms with Crippen LogP contribution in [0.5, 0.6) is 0 Å². The van der Waals surface area contributed by atoms with E-state index >= 15 is 0 Å². The van der Waals surface area contributed by atoms with Crippen molar-refractivity contribution in [3.8, 4) is 0 Å². The summed E-state index contributed by atoms with van der Waals surface area (Å²) >= 11 is 0. The van der Waals surface area contributed by atoms with Crippen molar-refractivity contribution >= 4 is 5.91 Å². The van der Waals surface area contributed by atoms with Gasteiger partial charge in [-0.15, -0.1) is 0 Å². The summed E-state index contributed by atoms with van der Waals surface area (Å²) in [7, 11) is 0. The highest BCUT2D eigenvalue weighted by Crippen LogP contribution is 2.25. The van der Waals surface area contributed by atoms with Gasteiger partial charge in [-0.05, 0) is 25.8 Å². The second-order valence-electron chi connectivity index (χ2n) is 5.48. The Kier molecular flexibility index (Phi) is 4.13. The Balaban J connectivity index is 1.73. The first-order valence-electron chi connectivity index (χ1n) is 7.58. The van der Waals surface area contributed by atoms with E-state index in [0.29, 0.717) is 29.8 Å². The standard InChI is InChI=1S/C15H19N5O2/c1-3-13-18-14(19-22-13)11-5-4-8-20(9-11)15(21)12-6-7-16-10(2)17-12/h6-7,11H,3-5,8-9H2,1-2H3/t11-/m1/s1. The number of likely N-dealkylation sites (tertiary alicyclic amines) is 1. The molecule has 1 saturated heterocycles. The van der Waals surface area contributed by atoms with Gasteiger partial charge < -0.3 is 9.42 Å². The molecule has 1 aliphatic rings. The average molecular weight is 301 g/mol. The Hall–Kier alpha value is -2.31. The van der Waals surface area contributed by atoms with Crippen LogP contribution in [0.4, 0.5) is 0 Å². The van der Waals surface area contributed by atoms with Gasteiger partial charge in [0.1, 0.15) is 11.5 Å². The maximum Gasteiger partial charge on any atom is 0.272 e. The Morgan fingerprint density at radius 2 is 2.32 bits per heavy atom. The Labute approximate surface area is 128 Å². The number of hydrogen-bond donors (Lipinski definition) is 0. The van der Waals surface area contributed by atoms with Crippen molar-refractivity contribution in [2.45, 2.75) is 39.0 Å². The molecule has 0 unspecified atom stereocenters. The van der Waals surface area contributed by atoms with Crippen molar-refractivity contribution < 1.29 is 9.32 Å². The molecule has 0 saturated carbocycles.